The average Bonchev–Trinajstić information content (AvgIpc) is 2.74. The molecule has 0 heterocycles. The molecule has 0 unspecified atom stereocenters. The summed E-state index contributed by atoms with van der Waals surface area (Å²) in [5.41, 5.74) is 2.14. The van der Waals surface area contributed by atoms with Crippen LogP contribution in [0.15, 0.2) is 54.6 Å². The predicted molar refractivity (Wildman–Crippen MR) is 122 cm³/mol. The van der Waals surface area contributed by atoms with Gasteiger partial charge in [0.15, 0.2) is 0 Å². The van der Waals surface area contributed by atoms with Crippen molar-refractivity contribution < 1.29 is 9.59 Å². The third kappa shape index (κ3) is 5.29. The predicted octanol–water partition coefficient (Wildman–Crippen LogP) is 5.23. The number of carbonyl (C=O) groups is 2. The summed E-state index contributed by atoms with van der Waals surface area (Å²) in [6.45, 7) is 6.33. The number of hydrogen-bond donors (Lipinski definition) is 2. The fraction of sp³-hybridized carbons (Fsp3) is 0.462. The second-order valence-electron chi connectivity index (χ2n) is 9.42. The van der Waals surface area contributed by atoms with Crippen LogP contribution in [0.1, 0.15) is 64.0 Å². The Morgan fingerprint density at radius 2 is 1.53 bits per heavy atom. The highest BCUT2D eigenvalue weighted by atomic mass is 16.2. The van der Waals surface area contributed by atoms with Gasteiger partial charge in [0.1, 0.15) is 0 Å². The number of carbonyl (C=O) groups excluding carboxylic acids is 2. The summed E-state index contributed by atoms with van der Waals surface area (Å²) in [4.78, 5) is 25.6. The van der Waals surface area contributed by atoms with Crippen LogP contribution in [0.5, 0.6) is 0 Å². The highest BCUT2D eigenvalue weighted by Gasteiger charge is 2.40. The zero-order valence-electron chi connectivity index (χ0n) is 18.5. The smallest absolute Gasteiger partial charge is 0.230 e. The zero-order chi connectivity index (χ0) is 21.6. The van der Waals surface area contributed by atoms with E-state index in [9.17, 15) is 9.59 Å². The Hall–Kier alpha value is -2.62. The minimum absolute atomic E-state index is 0.0127. The minimum Gasteiger partial charge on any atom is -0.355 e. The Kier molecular flexibility index (Phi) is 6.96. The molecule has 2 N–H and O–H groups in total. The van der Waals surface area contributed by atoms with Crippen LogP contribution >= 0.6 is 0 Å². The maximum absolute atomic E-state index is 13.3. The normalized spacial score (nSPS) is 16.0. The van der Waals surface area contributed by atoms with Crippen molar-refractivity contribution in [1.29, 1.82) is 0 Å². The summed E-state index contributed by atoms with van der Waals surface area (Å²) >= 11 is 0. The molecule has 1 aliphatic rings. The molecule has 4 heteroatoms. The van der Waals surface area contributed by atoms with Crippen molar-refractivity contribution in [2.24, 2.45) is 5.41 Å². The Balaban J connectivity index is 1.71. The van der Waals surface area contributed by atoms with E-state index >= 15 is 0 Å². The molecule has 0 aliphatic heterocycles. The van der Waals surface area contributed by atoms with Gasteiger partial charge in [0.25, 0.3) is 0 Å². The average molecular weight is 407 g/mol. The van der Waals surface area contributed by atoms with Crippen molar-refractivity contribution >= 4 is 17.5 Å². The van der Waals surface area contributed by atoms with Gasteiger partial charge >= 0.3 is 0 Å². The van der Waals surface area contributed by atoms with Gasteiger partial charge in [-0.15, -0.1) is 0 Å². The fourth-order valence-electron chi connectivity index (χ4n) is 4.13. The van der Waals surface area contributed by atoms with Crippen molar-refractivity contribution in [3.8, 4) is 0 Å². The molecule has 30 heavy (non-hydrogen) atoms. The van der Waals surface area contributed by atoms with E-state index in [-0.39, 0.29) is 11.8 Å². The SMILES string of the molecule is CC(C)(C)C(=O)Nc1ccc(C2(C(=O)NCCc3ccccc3)CCCCC2)cc1. The third-order valence-corrected chi connectivity index (χ3v) is 6.06. The Labute approximate surface area is 180 Å². The second-order valence-corrected chi connectivity index (χ2v) is 9.42. The number of nitrogens with one attached hydrogen (secondary N) is 2. The first-order chi connectivity index (χ1) is 14.3. The van der Waals surface area contributed by atoms with Crippen LogP contribution < -0.4 is 10.6 Å². The highest BCUT2D eigenvalue weighted by molar-refractivity contribution is 5.94. The Bertz CT molecular complexity index is 845. The molecule has 160 valence electrons. The first kappa shape index (κ1) is 22.1. The van der Waals surface area contributed by atoms with E-state index < -0.39 is 10.8 Å². The fourth-order valence-corrected chi connectivity index (χ4v) is 4.13. The topological polar surface area (TPSA) is 58.2 Å². The molecule has 2 aromatic rings. The molecule has 2 aromatic carbocycles. The molecule has 2 amide bonds. The minimum atomic E-state index is -0.471. The van der Waals surface area contributed by atoms with Crippen molar-refractivity contribution in [1.82, 2.24) is 5.32 Å². The molecule has 0 radical (unpaired) electrons. The largest absolute Gasteiger partial charge is 0.355 e. The molecule has 0 saturated heterocycles. The number of amides is 2. The molecule has 0 bridgehead atoms. The van der Waals surface area contributed by atoms with Crippen molar-refractivity contribution in [3.63, 3.8) is 0 Å². The van der Waals surface area contributed by atoms with Crippen LogP contribution in [0.25, 0.3) is 0 Å². The summed E-state index contributed by atoms with van der Waals surface area (Å²) in [5.74, 6) is 0.117. The lowest BCUT2D eigenvalue weighted by molar-refractivity contribution is -0.128. The summed E-state index contributed by atoms with van der Waals surface area (Å²) in [6, 6.07) is 18.1. The van der Waals surface area contributed by atoms with Crippen LogP contribution in [0.2, 0.25) is 0 Å². The monoisotopic (exact) mass is 406 g/mol. The van der Waals surface area contributed by atoms with Gasteiger partial charge in [-0.25, -0.2) is 0 Å². The molecule has 0 spiro atoms. The van der Waals surface area contributed by atoms with Crippen LogP contribution in [0.4, 0.5) is 5.69 Å². The molecule has 0 atom stereocenters. The van der Waals surface area contributed by atoms with E-state index in [1.807, 2.05) is 63.2 Å². The lowest BCUT2D eigenvalue weighted by atomic mass is 9.68. The maximum Gasteiger partial charge on any atom is 0.230 e. The molecule has 1 fully saturated rings. The molecular weight excluding hydrogens is 372 g/mol. The lowest BCUT2D eigenvalue weighted by Crippen LogP contribution is -2.46. The number of hydrogen-bond acceptors (Lipinski definition) is 2. The van der Waals surface area contributed by atoms with Crippen molar-refractivity contribution in [2.45, 2.75) is 64.7 Å². The van der Waals surface area contributed by atoms with Gasteiger partial charge in [-0.05, 0) is 42.5 Å². The summed E-state index contributed by atoms with van der Waals surface area (Å²) in [5, 5.41) is 6.16. The molecule has 1 aliphatic carbocycles. The summed E-state index contributed by atoms with van der Waals surface area (Å²) in [6.07, 6.45) is 5.89. The van der Waals surface area contributed by atoms with Gasteiger partial charge in [-0.1, -0.05) is 82.5 Å². The second kappa shape index (κ2) is 9.46. The van der Waals surface area contributed by atoms with E-state index in [1.54, 1.807) is 0 Å². The van der Waals surface area contributed by atoms with E-state index in [2.05, 4.69) is 22.8 Å². The zero-order valence-corrected chi connectivity index (χ0v) is 18.5. The molecule has 4 nitrogen and oxygen atoms in total. The van der Waals surface area contributed by atoms with Crippen molar-refractivity contribution in [2.75, 3.05) is 11.9 Å². The molecule has 0 aromatic heterocycles. The quantitative estimate of drug-likeness (QED) is 0.690. The van der Waals surface area contributed by atoms with E-state index in [1.165, 1.54) is 12.0 Å². The number of anilines is 1. The van der Waals surface area contributed by atoms with Crippen LogP contribution in [0, 0.1) is 5.41 Å². The first-order valence-corrected chi connectivity index (χ1v) is 11.1. The number of benzene rings is 2. The lowest BCUT2D eigenvalue weighted by Gasteiger charge is -2.36. The van der Waals surface area contributed by atoms with Crippen LogP contribution in [-0.2, 0) is 21.4 Å². The summed E-state index contributed by atoms with van der Waals surface area (Å²) < 4.78 is 0. The van der Waals surface area contributed by atoms with Gasteiger partial charge in [0.2, 0.25) is 11.8 Å². The van der Waals surface area contributed by atoms with Crippen molar-refractivity contribution in [3.05, 3.63) is 65.7 Å². The molecule has 3 rings (SSSR count). The van der Waals surface area contributed by atoms with Gasteiger partial charge in [-0.2, -0.15) is 0 Å². The first-order valence-electron chi connectivity index (χ1n) is 11.1. The van der Waals surface area contributed by atoms with Gasteiger partial charge < -0.3 is 10.6 Å². The van der Waals surface area contributed by atoms with Gasteiger partial charge in [-0.3, -0.25) is 9.59 Å². The van der Waals surface area contributed by atoms with E-state index in [0.717, 1.165) is 43.4 Å². The van der Waals surface area contributed by atoms with Gasteiger partial charge in [0.05, 0.1) is 5.41 Å². The third-order valence-electron chi connectivity index (χ3n) is 6.06. The van der Waals surface area contributed by atoms with Crippen LogP contribution in [0.3, 0.4) is 0 Å². The molecule has 1 saturated carbocycles. The van der Waals surface area contributed by atoms with Gasteiger partial charge in [0, 0.05) is 17.6 Å². The number of rotatable bonds is 6. The summed E-state index contributed by atoms with van der Waals surface area (Å²) in [7, 11) is 0. The highest BCUT2D eigenvalue weighted by Crippen LogP contribution is 2.40. The standard InChI is InChI=1S/C26H34N2O2/c1-25(2,3)23(29)28-22-14-12-21(13-15-22)26(17-8-5-9-18-26)24(30)27-19-16-20-10-6-4-7-11-20/h4,6-7,10-15H,5,8-9,16-19H2,1-3H3,(H,27,30)(H,28,29). The Morgan fingerprint density at radius 1 is 0.900 bits per heavy atom. The Morgan fingerprint density at radius 3 is 2.13 bits per heavy atom. The van der Waals surface area contributed by atoms with E-state index in [4.69, 9.17) is 0 Å². The maximum atomic E-state index is 13.3. The molecular formula is C26H34N2O2. The van der Waals surface area contributed by atoms with E-state index in [0.29, 0.717) is 6.54 Å². The van der Waals surface area contributed by atoms with Crippen LogP contribution in [-0.4, -0.2) is 18.4 Å².